The third-order valence-corrected chi connectivity index (χ3v) is 3.30. The maximum Gasteiger partial charge on any atom is 0.135 e. The van der Waals surface area contributed by atoms with Crippen LogP contribution in [-0.2, 0) is 4.74 Å². The van der Waals surface area contributed by atoms with Gasteiger partial charge in [-0.3, -0.25) is 0 Å². The van der Waals surface area contributed by atoms with E-state index in [4.69, 9.17) is 10.5 Å². The number of aromatic nitrogens is 2. The van der Waals surface area contributed by atoms with Crippen LogP contribution in [0.5, 0.6) is 0 Å². The van der Waals surface area contributed by atoms with Crippen molar-refractivity contribution in [2.24, 2.45) is 0 Å². The quantitative estimate of drug-likeness (QED) is 0.756. The van der Waals surface area contributed by atoms with E-state index in [9.17, 15) is 5.11 Å². The van der Waals surface area contributed by atoms with Crippen LogP contribution in [0.1, 0.15) is 38.4 Å². The second kappa shape index (κ2) is 5.71. The molecule has 6 heteroatoms. The summed E-state index contributed by atoms with van der Waals surface area (Å²) in [6.45, 7) is 5.68. The number of anilines is 2. The Morgan fingerprint density at radius 3 is 2.74 bits per heavy atom. The molecular weight excluding hydrogens is 244 g/mol. The second-order valence-corrected chi connectivity index (χ2v) is 5.38. The molecule has 1 saturated heterocycles. The lowest BCUT2D eigenvalue weighted by atomic mass is 9.94. The molecule has 2 heterocycles. The van der Waals surface area contributed by atoms with Crippen molar-refractivity contribution in [2.75, 3.05) is 30.8 Å². The normalized spacial score (nSPS) is 18.5. The Balaban J connectivity index is 2.02. The van der Waals surface area contributed by atoms with Crippen LogP contribution in [0.25, 0.3) is 0 Å². The lowest BCUT2D eigenvalue weighted by molar-refractivity contribution is -0.0543. The first-order valence-electron chi connectivity index (χ1n) is 6.67. The van der Waals surface area contributed by atoms with Crippen LogP contribution in [0.4, 0.5) is 11.6 Å². The van der Waals surface area contributed by atoms with E-state index >= 15 is 0 Å². The third-order valence-electron chi connectivity index (χ3n) is 3.30. The Morgan fingerprint density at radius 2 is 2.11 bits per heavy atom. The Hall–Kier alpha value is -1.40. The van der Waals surface area contributed by atoms with Gasteiger partial charge in [-0.2, -0.15) is 0 Å². The summed E-state index contributed by atoms with van der Waals surface area (Å²) in [4.78, 5) is 8.59. The number of hydrogen-bond donors (Lipinski definition) is 3. The highest BCUT2D eigenvalue weighted by Gasteiger charge is 2.29. The molecule has 0 saturated carbocycles. The van der Waals surface area contributed by atoms with Crippen molar-refractivity contribution >= 4 is 11.6 Å². The number of nitrogens with one attached hydrogen (secondary N) is 1. The predicted octanol–water partition coefficient (Wildman–Crippen LogP) is 1.14. The molecular formula is C13H22N4O2. The van der Waals surface area contributed by atoms with E-state index in [1.165, 1.54) is 0 Å². The van der Waals surface area contributed by atoms with Crippen LogP contribution in [-0.4, -0.2) is 40.4 Å². The molecule has 0 aromatic carbocycles. The number of aliphatic hydroxyl groups is 1. The first-order chi connectivity index (χ1) is 8.98. The fourth-order valence-corrected chi connectivity index (χ4v) is 2.02. The number of rotatable bonds is 4. The fraction of sp³-hybridized carbons (Fsp3) is 0.692. The summed E-state index contributed by atoms with van der Waals surface area (Å²) in [5.41, 5.74) is 5.04. The minimum absolute atomic E-state index is 0.218. The van der Waals surface area contributed by atoms with Gasteiger partial charge in [0.1, 0.15) is 17.5 Å². The van der Waals surface area contributed by atoms with Gasteiger partial charge >= 0.3 is 0 Å². The Morgan fingerprint density at radius 1 is 1.42 bits per heavy atom. The number of nitrogen functional groups attached to an aromatic ring is 1. The number of ether oxygens (including phenoxy) is 1. The van der Waals surface area contributed by atoms with E-state index in [-0.39, 0.29) is 5.92 Å². The van der Waals surface area contributed by atoms with Crippen LogP contribution in [0.15, 0.2) is 6.07 Å². The van der Waals surface area contributed by atoms with Gasteiger partial charge in [-0.05, 0) is 0 Å². The average molecular weight is 266 g/mol. The molecule has 4 N–H and O–H groups in total. The maximum atomic E-state index is 10.4. The average Bonchev–Trinajstić information content (AvgIpc) is 2.37. The maximum absolute atomic E-state index is 10.4. The van der Waals surface area contributed by atoms with E-state index in [1.54, 1.807) is 6.07 Å². The Labute approximate surface area is 113 Å². The molecule has 1 aromatic rings. The fourth-order valence-electron chi connectivity index (χ4n) is 2.02. The highest BCUT2D eigenvalue weighted by Crippen LogP contribution is 2.22. The molecule has 1 aliphatic rings. The molecule has 1 fully saturated rings. The van der Waals surface area contributed by atoms with Crippen LogP contribution in [0.3, 0.4) is 0 Å². The Kier molecular flexibility index (Phi) is 4.21. The van der Waals surface area contributed by atoms with E-state index in [1.807, 2.05) is 13.8 Å². The van der Waals surface area contributed by atoms with Gasteiger partial charge in [0.2, 0.25) is 0 Å². The van der Waals surface area contributed by atoms with Gasteiger partial charge in [-0.15, -0.1) is 0 Å². The third kappa shape index (κ3) is 3.78. The van der Waals surface area contributed by atoms with Crippen molar-refractivity contribution in [3.05, 3.63) is 11.9 Å². The van der Waals surface area contributed by atoms with E-state index in [0.29, 0.717) is 50.1 Å². The largest absolute Gasteiger partial charge is 0.388 e. The summed E-state index contributed by atoms with van der Waals surface area (Å²) in [6, 6.07) is 1.69. The van der Waals surface area contributed by atoms with Gasteiger partial charge in [0.05, 0.1) is 5.60 Å². The van der Waals surface area contributed by atoms with E-state index in [0.717, 1.165) is 0 Å². The minimum Gasteiger partial charge on any atom is -0.388 e. The number of nitrogens with two attached hydrogens (primary N) is 1. The van der Waals surface area contributed by atoms with Crippen LogP contribution in [0, 0.1) is 0 Å². The summed E-state index contributed by atoms with van der Waals surface area (Å²) in [5, 5.41) is 13.5. The Bertz CT molecular complexity index is 431. The molecule has 0 aliphatic carbocycles. The molecule has 0 amide bonds. The van der Waals surface area contributed by atoms with Gasteiger partial charge < -0.3 is 20.9 Å². The first-order valence-corrected chi connectivity index (χ1v) is 6.67. The molecule has 106 valence electrons. The molecule has 6 nitrogen and oxygen atoms in total. The van der Waals surface area contributed by atoms with Crippen molar-refractivity contribution in [1.82, 2.24) is 9.97 Å². The zero-order chi connectivity index (χ0) is 13.9. The standard InChI is InChI=1S/C13H22N4O2/c1-9(2)12-16-10(14)7-11(17-12)15-8-13(18)3-5-19-6-4-13/h7,9,18H,3-6,8H2,1-2H3,(H3,14,15,16,17). The summed E-state index contributed by atoms with van der Waals surface area (Å²) < 4.78 is 5.25. The summed E-state index contributed by atoms with van der Waals surface area (Å²) in [5.74, 6) is 2.04. The van der Waals surface area contributed by atoms with E-state index < -0.39 is 5.60 Å². The van der Waals surface area contributed by atoms with Crippen molar-refractivity contribution in [3.8, 4) is 0 Å². The molecule has 0 unspecified atom stereocenters. The highest BCUT2D eigenvalue weighted by atomic mass is 16.5. The predicted molar refractivity (Wildman–Crippen MR) is 74.0 cm³/mol. The molecule has 1 aromatic heterocycles. The molecule has 0 spiro atoms. The molecule has 0 radical (unpaired) electrons. The van der Waals surface area contributed by atoms with Gasteiger partial charge in [-0.25, -0.2) is 9.97 Å². The van der Waals surface area contributed by atoms with Crippen molar-refractivity contribution < 1.29 is 9.84 Å². The van der Waals surface area contributed by atoms with E-state index in [2.05, 4.69) is 15.3 Å². The lowest BCUT2D eigenvalue weighted by Gasteiger charge is -2.32. The van der Waals surface area contributed by atoms with Crippen molar-refractivity contribution in [2.45, 2.75) is 38.2 Å². The molecule has 0 bridgehead atoms. The monoisotopic (exact) mass is 266 g/mol. The smallest absolute Gasteiger partial charge is 0.135 e. The van der Waals surface area contributed by atoms with Crippen molar-refractivity contribution in [1.29, 1.82) is 0 Å². The molecule has 0 atom stereocenters. The van der Waals surface area contributed by atoms with Gasteiger partial charge in [0.15, 0.2) is 0 Å². The van der Waals surface area contributed by atoms with Crippen LogP contribution in [0.2, 0.25) is 0 Å². The summed E-state index contributed by atoms with van der Waals surface area (Å²) >= 11 is 0. The van der Waals surface area contributed by atoms with Gasteiger partial charge in [0.25, 0.3) is 0 Å². The highest BCUT2D eigenvalue weighted by molar-refractivity contribution is 5.45. The SMILES string of the molecule is CC(C)c1nc(N)cc(NCC2(O)CCOCC2)n1. The number of hydrogen-bond acceptors (Lipinski definition) is 6. The van der Waals surface area contributed by atoms with Gasteiger partial charge in [0, 0.05) is 44.6 Å². The zero-order valence-corrected chi connectivity index (χ0v) is 11.5. The number of nitrogens with zero attached hydrogens (tertiary/aromatic N) is 2. The second-order valence-electron chi connectivity index (χ2n) is 5.38. The first kappa shape index (κ1) is 14.0. The van der Waals surface area contributed by atoms with Gasteiger partial charge in [-0.1, -0.05) is 13.8 Å². The minimum atomic E-state index is -0.726. The molecule has 2 rings (SSSR count). The van der Waals surface area contributed by atoms with Crippen LogP contribution < -0.4 is 11.1 Å². The topological polar surface area (TPSA) is 93.3 Å². The summed E-state index contributed by atoms with van der Waals surface area (Å²) in [6.07, 6.45) is 1.27. The molecule has 19 heavy (non-hydrogen) atoms. The zero-order valence-electron chi connectivity index (χ0n) is 11.5. The van der Waals surface area contributed by atoms with Crippen LogP contribution >= 0.6 is 0 Å². The summed E-state index contributed by atoms with van der Waals surface area (Å²) in [7, 11) is 0. The van der Waals surface area contributed by atoms with Crippen molar-refractivity contribution in [3.63, 3.8) is 0 Å². The lowest BCUT2D eigenvalue weighted by Crippen LogP contribution is -2.42. The molecule has 1 aliphatic heterocycles.